The molecular weight excluding hydrogens is 310 g/mol. The zero-order valence-corrected chi connectivity index (χ0v) is 13.9. The van der Waals surface area contributed by atoms with Crippen molar-refractivity contribution in [3.8, 4) is 5.75 Å². The second kappa shape index (κ2) is 6.59. The van der Waals surface area contributed by atoms with E-state index in [1.807, 2.05) is 30.8 Å². The molecular formula is C13H19N3O3S2. The summed E-state index contributed by atoms with van der Waals surface area (Å²) in [5.41, 5.74) is 0.865. The molecule has 0 aliphatic rings. The van der Waals surface area contributed by atoms with Crippen LogP contribution in [0.4, 0.5) is 0 Å². The van der Waals surface area contributed by atoms with E-state index in [0.717, 1.165) is 17.0 Å². The van der Waals surface area contributed by atoms with Gasteiger partial charge in [-0.2, -0.15) is 5.10 Å². The summed E-state index contributed by atoms with van der Waals surface area (Å²) in [7, 11) is -2.07. The fraction of sp³-hybridized carbons (Fsp3) is 0.462. The first-order valence-electron chi connectivity index (χ1n) is 6.59. The van der Waals surface area contributed by atoms with E-state index in [0.29, 0.717) is 24.8 Å². The Bertz CT molecular complexity index is 689. The topological polar surface area (TPSA) is 73.2 Å². The van der Waals surface area contributed by atoms with Crippen molar-refractivity contribution in [2.45, 2.75) is 30.5 Å². The van der Waals surface area contributed by atoms with Crippen LogP contribution in [0.3, 0.4) is 0 Å². The molecule has 0 saturated heterocycles. The Morgan fingerprint density at radius 3 is 2.81 bits per heavy atom. The molecule has 0 aromatic carbocycles. The second-order valence-corrected chi connectivity index (χ2v) is 7.68. The number of ether oxygens (including phenoxy) is 1. The molecule has 8 heteroatoms. The van der Waals surface area contributed by atoms with Crippen molar-refractivity contribution in [1.29, 1.82) is 0 Å². The van der Waals surface area contributed by atoms with Gasteiger partial charge in [-0.3, -0.25) is 4.68 Å². The smallest absolute Gasteiger partial charge is 0.253 e. The molecule has 0 aliphatic carbocycles. The first-order valence-corrected chi connectivity index (χ1v) is 8.95. The molecule has 0 spiro atoms. The lowest BCUT2D eigenvalue weighted by atomic mass is 10.3. The molecule has 0 fully saturated rings. The first kappa shape index (κ1) is 16.0. The Hall–Kier alpha value is -1.38. The Labute approximate surface area is 128 Å². The Kier molecular flexibility index (Phi) is 5.02. The number of rotatable bonds is 7. The van der Waals surface area contributed by atoms with Crippen molar-refractivity contribution in [3.05, 3.63) is 29.4 Å². The predicted molar refractivity (Wildman–Crippen MR) is 82.4 cm³/mol. The highest BCUT2D eigenvalue weighted by Gasteiger charge is 2.20. The van der Waals surface area contributed by atoms with Crippen LogP contribution in [0.25, 0.3) is 0 Å². The largest absolute Gasteiger partial charge is 0.494 e. The van der Waals surface area contributed by atoms with Crippen LogP contribution in [-0.4, -0.2) is 31.9 Å². The van der Waals surface area contributed by atoms with Crippen LogP contribution in [0.15, 0.2) is 27.9 Å². The van der Waals surface area contributed by atoms with Crippen LogP contribution in [0.5, 0.6) is 5.75 Å². The van der Waals surface area contributed by atoms with Crippen molar-refractivity contribution in [2.24, 2.45) is 0 Å². The maximum atomic E-state index is 12.2. The van der Waals surface area contributed by atoms with E-state index < -0.39 is 10.0 Å². The molecule has 0 bridgehead atoms. The fourth-order valence-corrected chi connectivity index (χ4v) is 4.16. The van der Waals surface area contributed by atoms with Crippen molar-refractivity contribution in [3.63, 3.8) is 0 Å². The van der Waals surface area contributed by atoms with Gasteiger partial charge in [0.2, 0.25) is 0 Å². The highest BCUT2D eigenvalue weighted by Crippen LogP contribution is 2.29. The Morgan fingerprint density at radius 1 is 1.43 bits per heavy atom. The van der Waals surface area contributed by atoms with Crippen LogP contribution in [0.1, 0.15) is 25.6 Å². The summed E-state index contributed by atoms with van der Waals surface area (Å²) in [5.74, 6) is 0.372. The molecule has 2 rings (SSSR count). The van der Waals surface area contributed by atoms with Gasteiger partial charge < -0.3 is 4.74 Å². The second-order valence-electron chi connectivity index (χ2n) is 4.81. The zero-order valence-electron chi connectivity index (χ0n) is 12.2. The predicted octanol–water partition coefficient (Wildman–Crippen LogP) is 2.06. The van der Waals surface area contributed by atoms with E-state index in [-0.39, 0.29) is 4.21 Å². The number of nitrogens with zero attached hydrogens (tertiary/aromatic N) is 2. The molecule has 0 atom stereocenters. The number of sulfonamides is 1. The summed E-state index contributed by atoms with van der Waals surface area (Å²) < 4.78 is 34.0. The third-order valence-corrected chi connectivity index (χ3v) is 5.83. The molecule has 2 aromatic heterocycles. The van der Waals surface area contributed by atoms with E-state index in [4.69, 9.17) is 4.74 Å². The quantitative estimate of drug-likeness (QED) is 0.844. The summed E-state index contributed by atoms with van der Waals surface area (Å²) in [4.78, 5) is 0. The van der Waals surface area contributed by atoms with Gasteiger partial charge in [0.05, 0.1) is 12.8 Å². The Morgan fingerprint density at radius 2 is 2.19 bits per heavy atom. The van der Waals surface area contributed by atoms with E-state index in [9.17, 15) is 8.42 Å². The van der Waals surface area contributed by atoms with Gasteiger partial charge in [0.25, 0.3) is 10.0 Å². The monoisotopic (exact) mass is 329 g/mol. The van der Waals surface area contributed by atoms with Crippen molar-refractivity contribution < 1.29 is 13.2 Å². The minimum Gasteiger partial charge on any atom is -0.494 e. The lowest BCUT2D eigenvalue weighted by Crippen LogP contribution is -2.25. The summed E-state index contributed by atoms with van der Waals surface area (Å²) in [6.45, 7) is 4.39. The average Bonchev–Trinajstić information content (AvgIpc) is 3.07. The maximum absolute atomic E-state index is 12.2. The molecule has 0 radical (unpaired) electrons. The lowest BCUT2D eigenvalue weighted by molar-refractivity contribution is 0.406. The van der Waals surface area contributed by atoms with E-state index in [1.165, 1.54) is 7.11 Å². The molecule has 0 unspecified atom stereocenters. The lowest BCUT2D eigenvalue weighted by Gasteiger charge is -2.06. The van der Waals surface area contributed by atoms with Crippen molar-refractivity contribution in [2.75, 3.05) is 13.7 Å². The normalized spacial score (nSPS) is 12.0. The van der Waals surface area contributed by atoms with Crippen molar-refractivity contribution >= 4 is 21.4 Å². The van der Waals surface area contributed by atoms with Crippen molar-refractivity contribution in [1.82, 2.24) is 14.5 Å². The minimum atomic E-state index is -3.53. The maximum Gasteiger partial charge on any atom is 0.253 e. The standard InChI is InChI=1S/C13H19N3O3S2/c1-10(2)16-8-5-11(15-16)4-7-14-21(17,18)13-12(19-3)6-9-20-13/h5-6,8-10,14H,4,7H2,1-3H3. The number of hydrogen-bond donors (Lipinski definition) is 1. The average molecular weight is 329 g/mol. The molecule has 0 aliphatic heterocycles. The van der Waals surface area contributed by atoms with Crippen LogP contribution < -0.4 is 9.46 Å². The number of thiophene rings is 1. The third-order valence-electron chi connectivity index (χ3n) is 2.93. The zero-order chi connectivity index (χ0) is 15.5. The number of aromatic nitrogens is 2. The highest BCUT2D eigenvalue weighted by molar-refractivity contribution is 7.91. The Balaban J connectivity index is 1.96. The summed E-state index contributed by atoms with van der Waals surface area (Å²) in [6, 6.07) is 3.84. The van der Waals surface area contributed by atoms with Gasteiger partial charge >= 0.3 is 0 Å². The van der Waals surface area contributed by atoms with Gasteiger partial charge in [0, 0.05) is 25.2 Å². The van der Waals surface area contributed by atoms with Gasteiger partial charge in [0.15, 0.2) is 4.21 Å². The highest BCUT2D eigenvalue weighted by atomic mass is 32.2. The molecule has 6 nitrogen and oxygen atoms in total. The summed E-state index contributed by atoms with van der Waals surface area (Å²) in [5, 5.41) is 6.08. The van der Waals surface area contributed by atoms with Crippen LogP contribution in [0.2, 0.25) is 0 Å². The third kappa shape index (κ3) is 3.84. The van der Waals surface area contributed by atoms with Gasteiger partial charge in [0.1, 0.15) is 5.75 Å². The molecule has 116 valence electrons. The molecule has 21 heavy (non-hydrogen) atoms. The number of hydrogen-bond acceptors (Lipinski definition) is 5. The molecule has 0 amide bonds. The van der Waals surface area contributed by atoms with Crippen LogP contribution >= 0.6 is 11.3 Å². The number of methoxy groups -OCH3 is 1. The molecule has 2 heterocycles. The molecule has 2 aromatic rings. The first-order chi connectivity index (χ1) is 9.94. The van der Waals surface area contributed by atoms with Crippen LogP contribution in [0, 0.1) is 0 Å². The van der Waals surface area contributed by atoms with Gasteiger partial charge in [-0.15, -0.1) is 11.3 Å². The van der Waals surface area contributed by atoms with E-state index >= 15 is 0 Å². The van der Waals surface area contributed by atoms with Gasteiger partial charge in [-0.25, -0.2) is 13.1 Å². The molecule has 1 N–H and O–H groups in total. The van der Waals surface area contributed by atoms with E-state index in [1.54, 1.807) is 11.4 Å². The van der Waals surface area contributed by atoms with Crippen LogP contribution in [-0.2, 0) is 16.4 Å². The van der Waals surface area contributed by atoms with E-state index in [2.05, 4.69) is 9.82 Å². The fourth-order valence-electron chi connectivity index (χ4n) is 1.81. The van der Waals surface area contributed by atoms with Gasteiger partial charge in [-0.1, -0.05) is 0 Å². The summed E-state index contributed by atoms with van der Waals surface area (Å²) >= 11 is 1.14. The van der Waals surface area contributed by atoms with Gasteiger partial charge in [-0.05, 0) is 31.4 Å². The minimum absolute atomic E-state index is 0.206. The number of nitrogens with one attached hydrogen (secondary N) is 1. The summed E-state index contributed by atoms with van der Waals surface area (Å²) in [6.07, 6.45) is 2.45. The molecule has 0 saturated carbocycles. The SMILES string of the molecule is COc1ccsc1S(=O)(=O)NCCc1ccn(C(C)C)n1.